The zero-order chi connectivity index (χ0) is 28.9. The van der Waals surface area contributed by atoms with E-state index in [1.165, 1.54) is 0 Å². The highest BCUT2D eigenvalue weighted by Crippen LogP contribution is 2.58. The van der Waals surface area contributed by atoms with Crippen LogP contribution in [0.4, 0.5) is 5.69 Å². The molecule has 3 atom stereocenters. The quantitative estimate of drug-likeness (QED) is 0.341. The van der Waals surface area contributed by atoms with Gasteiger partial charge in [-0.15, -0.1) is 0 Å². The molecule has 3 aliphatic heterocycles. The number of amides is 3. The number of hydrogen-bond acceptors (Lipinski definition) is 4. The zero-order valence-electron chi connectivity index (χ0n) is 22.3. The molecule has 3 unspecified atom stereocenters. The fourth-order valence-corrected chi connectivity index (χ4v) is 7.34. The molecule has 3 aromatic carbocycles. The van der Waals surface area contributed by atoms with Crippen LogP contribution in [-0.2, 0) is 19.8 Å². The monoisotopic (exact) mass is 655 g/mol. The molecule has 212 valence electrons. The van der Waals surface area contributed by atoms with Crippen molar-refractivity contribution in [1.82, 2.24) is 10.2 Å². The molecule has 3 aromatic rings. The molecule has 0 radical (unpaired) electrons. The van der Waals surface area contributed by atoms with Gasteiger partial charge in [-0.3, -0.25) is 14.4 Å². The maximum atomic E-state index is 14.3. The predicted octanol–water partition coefficient (Wildman–Crippen LogP) is 6.38. The zero-order valence-corrected chi connectivity index (χ0v) is 25.4. The number of anilines is 1. The number of nitrogens with zero attached hydrogens (tertiary/aromatic N) is 1. The molecule has 3 aliphatic rings. The fourth-order valence-electron chi connectivity index (χ4n) is 6.59. The molecule has 0 saturated carbocycles. The average Bonchev–Trinajstić information content (AvgIpc) is 3.22. The molecule has 3 amide bonds. The highest BCUT2D eigenvalue weighted by molar-refractivity contribution is 9.10. The van der Waals surface area contributed by atoms with Gasteiger partial charge in [-0.25, -0.2) is 0 Å². The van der Waals surface area contributed by atoms with E-state index >= 15 is 0 Å². The van der Waals surface area contributed by atoms with Crippen molar-refractivity contribution in [3.05, 3.63) is 91.9 Å². The number of ether oxygens (including phenoxy) is 1. The van der Waals surface area contributed by atoms with E-state index in [1.54, 1.807) is 25.1 Å². The Kier molecular flexibility index (Phi) is 7.51. The lowest BCUT2D eigenvalue weighted by Crippen LogP contribution is -2.57. The van der Waals surface area contributed by atoms with Gasteiger partial charge in [0.15, 0.2) is 0 Å². The first-order valence-electron chi connectivity index (χ1n) is 13.5. The van der Waals surface area contributed by atoms with Crippen LogP contribution in [0.3, 0.4) is 0 Å². The largest absolute Gasteiger partial charge is 0.490 e. The summed E-state index contributed by atoms with van der Waals surface area (Å²) in [6.07, 6.45) is 1.35. The van der Waals surface area contributed by atoms with Crippen LogP contribution in [0.25, 0.3) is 0 Å². The average molecular weight is 657 g/mol. The van der Waals surface area contributed by atoms with Crippen molar-refractivity contribution in [3.8, 4) is 5.75 Å². The van der Waals surface area contributed by atoms with Crippen LogP contribution < -0.4 is 15.4 Å². The Balaban J connectivity index is 1.50. The number of likely N-dealkylation sites (tertiary alicyclic amines) is 1. The normalized spacial score (nSPS) is 24.1. The Morgan fingerprint density at radius 2 is 1.78 bits per heavy atom. The van der Waals surface area contributed by atoms with Gasteiger partial charge in [0, 0.05) is 71.0 Å². The molecule has 6 rings (SSSR count). The van der Waals surface area contributed by atoms with Gasteiger partial charge in [0.25, 0.3) is 0 Å². The van der Waals surface area contributed by atoms with E-state index in [-0.39, 0.29) is 30.2 Å². The van der Waals surface area contributed by atoms with Crippen molar-refractivity contribution in [3.63, 3.8) is 0 Å². The van der Waals surface area contributed by atoms with Gasteiger partial charge in [0.05, 0.1) is 6.04 Å². The Morgan fingerprint density at radius 3 is 2.51 bits per heavy atom. The van der Waals surface area contributed by atoms with Gasteiger partial charge in [-0.1, -0.05) is 57.3 Å². The minimum Gasteiger partial charge on any atom is -0.490 e. The van der Waals surface area contributed by atoms with Crippen LogP contribution in [0, 0.1) is 0 Å². The molecule has 0 bridgehead atoms. The van der Waals surface area contributed by atoms with Gasteiger partial charge >= 0.3 is 0 Å². The molecule has 1 spiro atoms. The number of benzene rings is 3. The summed E-state index contributed by atoms with van der Waals surface area (Å²) in [7, 11) is 0. The van der Waals surface area contributed by atoms with Gasteiger partial charge in [0.2, 0.25) is 17.7 Å². The molecule has 10 heteroatoms. The van der Waals surface area contributed by atoms with Crippen molar-refractivity contribution < 1.29 is 19.1 Å². The number of hydrogen-bond donors (Lipinski definition) is 2. The van der Waals surface area contributed by atoms with Crippen molar-refractivity contribution in [2.75, 3.05) is 18.4 Å². The van der Waals surface area contributed by atoms with Crippen LogP contribution in [0.1, 0.15) is 54.8 Å². The van der Waals surface area contributed by atoms with Gasteiger partial charge < -0.3 is 20.3 Å². The first-order valence-corrected chi connectivity index (χ1v) is 15.1. The predicted molar refractivity (Wildman–Crippen MR) is 161 cm³/mol. The van der Waals surface area contributed by atoms with Crippen LogP contribution in [0.15, 0.2) is 65.1 Å². The van der Waals surface area contributed by atoms with E-state index in [9.17, 15) is 14.4 Å². The van der Waals surface area contributed by atoms with Crippen LogP contribution in [-0.4, -0.2) is 41.8 Å². The lowest BCUT2D eigenvalue weighted by atomic mass is 9.59. The fraction of sp³-hybridized carbons (Fsp3) is 0.323. The van der Waals surface area contributed by atoms with Crippen molar-refractivity contribution in [2.45, 2.75) is 49.7 Å². The molecule has 0 aromatic heterocycles. The van der Waals surface area contributed by atoms with Gasteiger partial charge in [0.1, 0.15) is 17.3 Å². The Labute approximate surface area is 256 Å². The molecule has 7 nitrogen and oxygen atoms in total. The molecular formula is C31H28BrCl2N3O4. The molecular weight excluding hydrogens is 629 g/mol. The first-order chi connectivity index (χ1) is 19.7. The van der Waals surface area contributed by atoms with Crippen LogP contribution in [0.2, 0.25) is 10.0 Å². The van der Waals surface area contributed by atoms with Crippen molar-refractivity contribution in [2.24, 2.45) is 0 Å². The highest BCUT2D eigenvalue weighted by atomic mass is 79.9. The Hall–Kier alpha value is -3.07. The number of carbonyl (C=O) groups excluding carboxylic acids is 3. The number of rotatable bonds is 4. The first kappa shape index (κ1) is 28.1. The third kappa shape index (κ3) is 5.00. The number of nitrogens with one attached hydrogen (secondary N) is 2. The molecule has 2 N–H and O–H groups in total. The van der Waals surface area contributed by atoms with Crippen LogP contribution in [0.5, 0.6) is 5.75 Å². The van der Waals surface area contributed by atoms with Gasteiger partial charge in [-0.2, -0.15) is 0 Å². The molecule has 2 fully saturated rings. The molecule has 2 saturated heterocycles. The summed E-state index contributed by atoms with van der Waals surface area (Å²) in [6.45, 7) is 2.81. The number of piperidine rings is 2. The minimum absolute atomic E-state index is 0.0534. The third-order valence-corrected chi connectivity index (χ3v) is 9.43. The van der Waals surface area contributed by atoms with E-state index in [4.69, 9.17) is 27.9 Å². The van der Waals surface area contributed by atoms with Crippen LogP contribution >= 0.6 is 39.1 Å². The summed E-state index contributed by atoms with van der Waals surface area (Å²) in [5.74, 6) is -0.293. The van der Waals surface area contributed by atoms with E-state index in [2.05, 4.69) is 26.6 Å². The second-order valence-electron chi connectivity index (χ2n) is 10.8. The smallest absolute Gasteiger partial charge is 0.238 e. The third-order valence-electron chi connectivity index (χ3n) is 8.47. The lowest BCUT2D eigenvalue weighted by molar-refractivity contribution is -0.132. The van der Waals surface area contributed by atoms with E-state index < -0.39 is 17.4 Å². The maximum absolute atomic E-state index is 14.3. The lowest BCUT2D eigenvalue weighted by Gasteiger charge is -2.47. The summed E-state index contributed by atoms with van der Waals surface area (Å²) in [5, 5.41) is 7.26. The number of halogens is 3. The van der Waals surface area contributed by atoms with E-state index in [0.717, 1.165) is 15.6 Å². The summed E-state index contributed by atoms with van der Waals surface area (Å²) in [5.41, 5.74) is 1.64. The van der Waals surface area contributed by atoms with E-state index in [1.807, 2.05) is 47.4 Å². The maximum Gasteiger partial charge on any atom is 0.238 e. The van der Waals surface area contributed by atoms with E-state index in [0.29, 0.717) is 53.0 Å². The van der Waals surface area contributed by atoms with Gasteiger partial charge in [-0.05, 0) is 53.6 Å². The summed E-state index contributed by atoms with van der Waals surface area (Å²) in [4.78, 5) is 41.4. The second kappa shape index (κ2) is 11.0. The summed E-state index contributed by atoms with van der Waals surface area (Å²) >= 11 is 16.4. The SMILES string of the molecule is CC(=O)N1CCC(Oc2ccc(Br)cc2C2NC(=O)CC(c3cccc(Cl)c3)C23C(=O)Nc2cc(Cl)ccc23)CC1. The van der Waals surface area contributed by atoms with Crippen molar-refractivity contribution in [1.29, 1.82) is 0 Å². The minimum atomic E-state index is -1.21. The topological polar surface area (TPSA) is 87.7 Å². The summed E-state index contributed by atoms with van der Waals surface area (Å²) < 4.78 is 7.37. The standard InChI is InChI=1S/C31H28BrCl2N3O4/c1-17(38)37-11-9-22(10-12-37)41-27-8-5-19(32)14-23(27)29-31(24-7-6-21(34)15-26(24)35-30(31)40)25(16-28(39)36-29)18-3-2-4-20(33)13-18/h2-8,13-15,22,25,29H,9-12,16H2,1H3,(H,35,40)(H,36,39). The second-order valence-corrected chi connectivity index (χ2v) is 12.6. The molecule has 0 aliphatic carbocycles. The Morgan fingerprint density at radius 1 is 1.02 bits per heavy atom. The summed E-state index contributed by atoms with van der Waals surface area (Å²) in [6, 6.07) is 17.6. The Bertz CT molecular complexity index is 1560. The molecule has 41 heavy (non-hydrogen) atoms. The number of carbonyl (C=O) groups is 3. The number of fused-ring (bicyclic) bond motifs is 2. The highest BCUT2D eigenvalue weighted by Gasteiger charge is 2.61. The molecule has 3 heterocycles. The van der Waals surface area contributed by atoms with Crippen molar-refractivity contribution >= 4 is 62.5 Å².